The second-order valence-corrected chi connectivity index (χ2v) is 9.14. The van der Waals surface area contributed by atoms with E-state index in [1.807, 2.05) is 65.6 Å². The first-order valence-electron chi connectivity index (χ1n) is 12.1. The van der Waals surface area contributed by atoms with Crippen molar-refractivity contribution in [3.8, 4) is 0 Å². The number of aliphatic carboxylic acids is 1. The molecule has 1 fully saturated rings. The Hall–Kier alpha value is -2.90. The van der Waals surface area contributed by atoms with Gasteiger partial charge in [0.15, 0.2) is 0 Å². The van der Waals surface area contributed by atoms with E-state index in [-0.39, 0.29) is 24.6 Å². The van der Waals surface area contributed by atoms with Gasteiger partial charge in [-0.1, -0.05) is 74.0 Å². The van der Waals surface area contributed by atoms with Crippen LogP contribution in [0.25, 0.3) is 0 Å². The minimum Gasteiger partial charge on any atom is -0.480 e. The second-order valence-electron chi connectivity index (χ2n) is 9.14. The van der Waals surface area contributed by atoms with E-state index in [0.29, 0.717) is 19.4 Å². The third-order valence-electron chi connectivity index (χ3n) is 6.61. The number of likely N-dealkylation sites (tertiary alicyclic amines) is 1. The molecule has 0 bridgehead atoms. The highest BCUT2D eigenvalue weighted by atomic mass is 16.5. The van der Waals surface area contributed by atoms with E-state index in [1.165, 1.54) is 0 Å². The van der Waals surface area contributed by atoms with Crippen LogP contribution in [-0.2, 0) is 22.6 Å². The van der Waals surface area contributed by atoms with Crippen LogP contribution in [0.3, 0.4) is 0 Å². The first-order chi connectivity index (χ1) is 16.4. The zero-order valence-corrected chi connectivity index (χ0v) is 20.0. The maximum Gasteiger partial charge on any atom is 0.407 e. The zero-order chi connectivity index (χ0) is 24.5. The monoisotopic (exact) mass is 468 g/mol. The summed E-state index contributed by atoms with van der Waals surface area (Å²) in [6.07, 6.45) is 1.46. The zero-order valence-electron chi connectivity index (χ0n) is 20.0. The molecule has 0 aliphatic carbocycles. The first-order valence-corrected chi connectivity index (χ1v) is 12.1. The van der Waals surface area contributed by atoms with E-state index < -0.39 is 24.2 Å². The van der Waals surface area contributed by atoms with E-state index >= 15 is 0 Å². The Morgan fingerprint density at radius 1 is 1.09 bits per heavy atom. The minimum absolute atomic E-state index is 0.0872. The maximum atomic E-state index is 12.4. The third kappa shape index (κ3) is 7.05. The van der Waals surface area contributed by atoms with E-state index in [0.717, 1.165) is 24.0 Å². The normalized spacial score (nSPS) is 20.9. The lowest BCUT2D eigenvalue weighted by atomic mass is 9.85. The lowest BCUT2D eigenvalue weighted by Crippen LogP contribution is -2.51. The number of ether oxygens (including phenoxy) is 1. The number of alkyl carbamates (subject to hydrolysis) is 1. The van der Waals surface area contributed by atoms with Crippen molar-refractivity contribution in [2.45, 2.75) is 70.4 Å². The Balaban J connectivity index is 1.74. The molecule has 0 spiro atoms. The Labute approximate surface area is 201 Å². The molecule has 7 nitrogen and oxygen atoms in total. The minimum atomic E-state index is -0.916. The summed E-state index contributed by atoms with van der Waals surface area (Å²) in [4.78, 5) is 26.6. The SMILES string of the molecule is CCCC(C(C)O)C(Cc1ccccc1)N1CC(NC(=O)OCc2ccccc2)CC1C(=O)O. The van der Waals surface area contributed by atoms with Gasteiger partial charge in [-0.2, -0.15) is 0 Å². The molecule has 3 rings (SSSR count). The van der Waals surface area contributed by atoms with Crippen molar-refractivity contribution in [2.24, 2.45) is 5.92 Å². The molecule has 1 amide bonds. The van der Waals surface area contributed by atoms with Gasteiger partial charge in [-0.05, 0) is 37.3 Å². The van der Waals surface area contributed by atoms with Crippen LogP contribution in [0.2, 0.25) is 0 Å². The van der Waals surface area contributed by atoms with Crippen molar-refractivity contribution in [3.05, 3.63) is 71.8 Å². The first kappa shape index (κ1) is 25.7. The number of aliphatic hydroxyl groups excluding tert-OH is 1. The Kier molecular flexibility index (Phi) is 9.48. The molecule has 184 valence electrons. The van der Waals surface area contributed by atoms with Crippen LogP contribution in [0.1, 0.15) is 44.2 Å². The number of carbonyl (C=O) groups is 2. The van der Waals surface area contributed by atoms with Crippen LogP contribution in [0.15, 0.2) is 60.7 Å². The summed E-state index contributed by atoms with van der Waals surface area (Å²) in [5.41, 5.74) is 1.98. The lowest BCUT2D eigenvalue weighted by Gasteiger charge is -2.38. The number of aliphatic hydroxyl groups is 1. The quantitative estimate of drug-likeness (QED) is 0.463. The molecule has 1 saturated heterocycles. The van der Waals surface area contributed by atoms with Crippen LogP contribution >= 0.6 is 0 Å². The highest BCUT2D eigenvalue weighted by Gasteiger charge is 2.44. The molecule has 0 aromatic heterocycles. The van der Waals surface area contributed by atoms with Crippen molar-refractivity contribution < 1.29 is 24.5 Å². The molecule has 34 heavy (non-hydrogen) atoms. The van der Waals surface area contributed by atoms with Gasteiger partial charge in [-0.25, -0.2) is 4.79 Å². The molecule has 1 aliphatic heterocycles. The van der Waals surface area contributed by atoms with Crippen LogP contribution < -0.4 is 5.32 Å². The summed E-state index contributed by atoms with van der Waals surface area (Å²) in [6.45, 7) is 4.39. The number of nitrogens with zero attached hydrogens (tertiary/aromatic N) is 1. The summed E-state index contributed by atoms with van der Waals surface area (Å²) in [5.74, 6) is -1.00. The van der Waals surface area contributed by atoms with Gasteiger partial charge < -0.3 is 20.3 Å². The van der Waals surface area contributed by atoms with Gasteiger partial charge in [0.05, 0.1) is 6.10 Å². The second kappa shape index (κ2) is 12.5. The fourth-order valence-corrected chi connectivity index (χ4v) is 4.96. The fraction of sp³-hybridized carbons (Fsp3) is 0.481. The number of amides is 1. The van der Waals surface area contributed by atoms with E-state index in [4.69, 9.17) is 4.74 Å². The lowest BCUT2D eigenvalue weighted by molar-refractivity contribution is -0.143. The molecular weight excluding hydrogens is 432 g/mol. The van der Waals surface area contributed by atoms with E-state index in [2.05, 4.69) is 12.2 Å². The van der Waals surface area contributed by atoms with Gasteiger partial charge >= 0.3 is 12.1 Å². The molecule has 1 aliphatic rings. The summed E-state index contributed by atoms with van der Waals surface area (Å²) in [7, 11) is 0. The molecule has 0 radical (unpaired) electrons. The third-order valence-corrected chi connectivity index (χ3v) is 6.61. The largest absolute Gasteiger partial charge is 0.480 e. The molecule has 1 heterocycles. The summed E-state index contributed by atoms with van der Waals surface area (Å²) in [5, 5.41) is 23.5. The van der Waals surface area contributed by atoms with Crippen molar-refractivity contribution >= 4 is 12.1 Å². The van der Waals surface area contributed by atoms with Gasteiger partial charge in [-0.3, -0.25) is 9.69 Å². The van der Waals surface area contributed by atoms with Crippen LogP contribution in [0.4, 0.5) is 4.79 Å². The van der Waals surface area contributed by atoms with Gasteiger partial charge in [-0.15, -0.1) is 0 Å². The van der Waals surface area contributed by atoms with Crippen molar-refractivity contribution in [1.82, 2.24) is 10.2 Å². The molecular formula is C27H36N2O5. The molecule has 5 unspecified atom stereocenters. The summed E-state index contributed by atoms with van der Waals surface area (Å²) in [6, 6.07) is 18.1. The number of carbonyl (C=O) groups excluding carboxylic acids is 1. The molecule has 2 aromatic rings. The van der Waals surface area contributed by atoms with E-state index in [1.54, 1.807) is 6.92 Å². The van der Waals surface area contributed by atoms with Crippen molar-refractivity contribution in [3.63, 3.8) is 0 Å². The number of benzene rings is 2. The number of nitrogens with one attached hydrogen (secondary N) is 1. The maximum absolute atomic E-state index is 12.4. The molecule has 3 N–H and O–H groups in total. The number of carboxylic acid groups (broad SMARTS) is 1. The van der Waals surface area contributed by atoms with Crippen LogP contribution in [0.5, 0.6) is 0 Å². The topological polar surface area (TPSA) is 99.1 Å². The standard InChI is InChI=1S/C27H36N2O5/c1-3-10-23(19(2)30)24(15-20-11-6-4-7-12-20)29-17-22(16-25(29)26(31)32)28-27(33)34-18-21-13-8-5-9-14-21/h4-9,11-14,19,22-25,30H,3,10,15-18H2,1-2H3,(H,28,33)(H,31,32). The Bertz CT molecular complexity index is 906. The van der Waals surface area contributed by atoms with Crippen molar-refractivity contribution in [1.29, 1.82) is 0 Å². The molecule has 5 atom stereocenters. The smallest absolute Gasteiger partial charge is 0.407 e. The average Bonchev–Trinajstić information content (AvgIpc) is 3.25. The summed E-state index contributed by atoms with van der Waals surface area (Å²) < 4.78 is 5.35. The molecule has 2 aromatic carbocycles. The van der Waals surface area contributed by atoms with Gasteiger partial charge in [0, 0.05) is 24.5 Å². The molecule has 0 saturated carbocycles. The van der Waals surface area contributed by atoms with Gasteiger partial charge in [0.25, 0.3) is 0 Å². The van der Waals surface area contributed by atoms with Gasteiger partial charge in [0.2, 0.25) is 0 Å². The predicted molar refractivity (Wildman–Crippen MR) is 130 cm³/mol. The summed E-state index contributed by atoms with van der Waals surface area (Å²) >= 11 is 0. The van der Waals surface area contributed by atoms with Crippen LogP contribution in [0, 0.1) is 5.92 Å². The highest BCUT2D eigenvalue weighted by Crippen LogP contribution is 2.31. The fourth-order valence-electron chi connectivity index (χ4n) is 4.96. The number of carboxylic acids is 1. The number of hydrogen-bond donors (Lipinski definition) is 3. The van der Waals surface area contributed by atoms with Gasteiger partial charge in [0.1, 0.15) is 12.6 Å². The molecule has 7 heteroatoms. The van der Waals surface area contributed by atoms with Crippen molar-refractivity contribution in [2.75, 3.05) is 6.54 Å². The Morgan fingerprint density at radius 3 is 2.26 bits per heavy atom. The highest BCUT2D eigenvalue weighted by molar-refractivity contribution is 5.74. The number of hydrogen-bond acceptors (Lipinski definition) is 5. The average molecular weight is 469 g/mol. The predicted octanol–water partition coefficient (Wildman–Crippen LogP) is 3.85. The Morgan fingerprint density at radius 2 is 1.71 bits per heavy atom. The van der Waals surface area contributed by atoms with E-state index in [9.17, 15) is 19.8 Å². The van der Waals surface area contributed by atoms with Crippen LogP contribution in [-0.4, -0.2) is 57.9 Å². The number of rotatable bonds is 11.